The number of hydrogen-bond donors (Lipinski definition) is 1. The van der Waals surface area contributed by atoms with Gasteiger partial charge >= 0.3 is 0 Å². The van der Waals surface area contributed by atoms with Gasteiger partial charge in [-0.3, -0.25) is 0 Å². The molecule has 0 radical (unpaired) electrons. The van der Waals surface area contributed by atoms with Crippen LogP contribution < -0.4 is 4.72 Å². The Kier molecular flexibility index (Phi) is 3.97. The molecule has 21 heavy (non-hydrogen) atoms. The van der Waals surface area contributed by atoms with Crippen molar-refractivity contribution in [3.63, 3.8) is 0 Å². The Hall–Kier alpha value is -1.43. The normalized spacial score (nSPS) is 15.7. The second-order valence-corrected chi connectivity index (χ2v) is 7.32. The third-order valence-electron chi connectivity index (χ3n) is 3.97. The van der Waals surface area contributed by atoms with Gasteiger partial charge in [-0.15, -0.1) is 0 Å². The Morgan fingerprint density at radius 3 is 2.62 bits per heavy atom. The summed E-state index contributed by atoms with van der Waals surface area (Å²) in [5.41, 5.74) is 0. The maximum atomic E-state index is 12.5. The van der Waals surface area contributed by atoms with E-state index in [9.17, 15) is 8.42 Å². The van der Waals surface area contributed by atoms with Gasteiger partial charge in [0.25, 0.3) is 0 Å². The van der Waals surface area contributed by atoms with Crippen LogP contribution in [0.15, 0.2) is 47.4 Å². The van der Waals surface area contributed by atoms with E-state index in [-0.39, 0.29) is 0 Å². The zero-order chi connectivity index (χ0) is 14.9. The lowest BCUT2D eigenvalue weighted by Crippen LogP contribution is -2.34. The molecule has 112 valence electrons. The Labute approximate surface area is 125 Å². The van der Waals surface area contributed by atoms with Crippen molar-refractivity contribution in [1.29, 1.82) is 0 Å². The number of nitrogens with zero attached hydrogens (tertiary/aromatic N) is 1. The van der Waals surface area contributed by atoms with E-state index in [4.69, 9.17) is 0 Å². The average molecular weight is 304 g/mol. The fourth-order valence-corrected chi connectivity index (χ4v) is 3.81. The second kappa shape index (κ2) is 5.75. The molecule has 3 rings (SSSR count). The van der Waals surface area contributed by atoms with Crippen LogP contribution in [0, 0.1) is 0 Å². The summed E-state index contributed by atoms with van der Waals surface area (Å²) in [5, 5.41) is 1.71. The van der Waals surface area contributed by atoms with E-state index >= 15 is 0 Å². The molecule has 0 heterocycles. The van der Waals surface area contributed by atoms with Gasteiger partial charge in [0.2, 0.25) is 10.0 Å². The highest BCUT2D eigenvalue weighted by Gasteiger charge is 2.26. The summed E-state index contributed by atoms with van der Waals surface area (Å²) in [4.78, 5) is 2.57. The third kappa shape index (κ3) is 3.26. The molecule has 0 saturated heterocycles. The number of likely N-dealkylation sites (N-methyl/N-ethyl adjacent to an activating group) is 1. The van der Waals surface area contributed by atoms with Gasteiger partial charge in [-0.2, -0.15) is 0 Å². The first-order valence-electron chi connectivity index (χ1n) is 7.25. The fourth-order valence-electron chi connectivity index (χ4n) is 2.56. The molecule has 0 aromatic heterocycles. The molecule has 2 aromatic carbocycles. The molecular formula is C16H20N2O2S. The minimum Gasteiger partial charge on any atom is -0.302 e. The van der Waals surface area contributed by atoms with Crippen molar-refractivity contribution in [2.45, 2.75) is 23.8 Å². The van der Waals surface area contributed by atoms with E-state index in [0.717, 1.165) is 17.3 Å². The molecule has 1 saturated carbocycles. The van der Waals surface area contributed by atoms with Crippen LogP contribution in [0.5, 0.6) is 0 Å². The van der Waals surface area contributed by atoms with Crippen molar-refractivity contribution in [3.05, 3.63) is 42.5 Å². The Bertz CT molecular complexity index is 734. The molecular weight excluding hydrogens is 284 g/mol. The summed E-state index contributed by atoms with van der Waals surface area (Å²) in [6.45, 7) is 1.19. The number of hydrogen-bond acceptors (Lipinski definition) is 3. The van der Waals surface area contributed by atoms with Crippen molar-refractivity contribution in [2.24, 2.45) is 0 Å². The summed E-state index contributed by atoms with van der Waals surface area (Å²) in [6.07, 6.45) is 2.46. The summed E-state index contributed by atoms with van der Waals surface area (Å²) >= 11 is 0. The highest BCUT2D eigenvalue weighted by atomic mass is 32.2. The SMILES string of the molecule is CN(CCNS(=O)(=O)c1cccc2ccccc12)C1CC1. The molecule has 1 aliphatic carbocycles. The van der Waals surface area contributed by atoms with Gasteiger partial charge in [0.1, 0.15) is 0 Å². The minimum atomic E-state index is -3.46. The van der Waals surface area contributed by atoms with Crippen molar-refractivity contribution in [3.8, 4) is 0 Å². The largest absolute Gasteiger partial charge is 0.302 e. The summed E-state index contributed by atoms with van der Waals surface area (Å²) in [7, 11) is -1.42. The van der Waals surface area contributed by atoms with E-state index in [1.807, 2.05) is 37.4 Å². The van der Waals surface area contributed by atoms with Gasteiger partial charge in [-0.25, -0.2) is 13.1 Å². The smallest absolute Gasteiger partial charge is 0.241 e. The Morgan fingerprint density at radius 2 is 1.86 bits per heavy atom. The van der Waals surface area contributed by atoms with E-state index in [1.54, 1.807) is 12.1 Å². The van der Waals surface area contributed by atoms with E-state index in [1.165, 1.54) is 12.8 Å². The molecule has 1 fully saturated rings. The minimum absolute atomic E-state index is 0.356. The Morgan fingerprint density at radius 1 is 1.14 bits per heavy atom. The van der Waals surface area contributed by atoms with Crippen LogP contribution in [0.4, 0.5) is 0 Å². The van der Waals surface area contributed by atoms with Gasteiger partial charge in [0.05, 0.1) is 4.90 Å². The Balaban J connectivity index is 1.76. The number of fused-ring (bicyclic) bond motifs is 1. The number of sulfonamides is 1. The van der Waals surface area contributed by atoms with Crippen molar-refractivity contribution < 1.29 is 8.42 Å². The molecule has 0 bridgehead atoms. The number of benzene rings is 2. The maximum absolute atomic E-state index is 12.5. The second-order valence-electron chi connectivity index (χ2n) is 5.59. The fraction of sp³-hybridized carbons (Fsp3) is 0.375. The maximum Gasteiger partial charge on any atom is 0.241 e. The standard InChI is InChI=1S/C16H20N2O2S/c1-18(14-9-10-14)12-11-17-21(19,20)16-8-4-6-13-5-2-3-7-15(13)16/h2-8,14,17H,9-12H2,1H3. The zero-order valence-electron chi connectivity index (χ0n) is 12.1. The average Bonchev–Trinajstić information content (AvgIpc) is 3.31. The molecule has 0 amide bonds. The topological polar surface area (TPSA) is 49.4 Å². The summed E-state index contributed by atoms with van der Waals surface area (Å²) in [5.74, 6) is 0. The first kappa shape index (κ1) is 14.5. The summed E-state index contributed by atoms with van der Waals surface area (Å²) in [6, 6.07) is 13.6. The van der Waals surface area contributed by atoms with Crippen LogP contribution in [-0.4, -0.2) is 39.5 Å². The molecule has 2 aromatic rings. The van der Waals surface area contributed by atoms with Crippen LogP contribution in [0.3, 0.4) is 0 Å². The number of nitrogens with one attached hydrogen (secondary N) is 1. The molecule has 0 atom stereocenters. The first-order valence-corrected chi connectivity index (χ1v) is 8.74. The zero-order valence-corrected chi connectivity index (χ0v) is 12.9. The lowest BCUT2D eigenvalue weighted by Gasteiger charge is -2.16. The van der Waals surface area contributed by atoms with Crippen LogP contribution in [0.2, 0.25) is 0 Å². The van der Waals surface area contributed by atoms with Crippen LogP contribution >= 0.6 is 0 Å². The van der Waals surface area contributed by atoms with E-state index < -0.39 is 10.0 Å². The molecule has 5 heteroatoms. The quantitative estimate of drug-likeness (QED) is 0.890. The van der Waals surface area contributed by atoms with Crippen molar-refractivity contribution in [2.75, 3.05) is 20.1 Å². The molecule has 0 aliphatic heterocycles. The lowest BCUT2D eigenvalue weighted by molar-refractivity contribution is 0.329. The third-order valence-corrected chi connectivity index (χ3v) is 5.49. The van der Waals surface area contributed by atoms with Gasteiger partial charge in [0, 0.05) is 24.5 Å². The highest BCUT2D eigenvalue weighted by molar-refractivity contribution is 7.89. The van der Waals surface area contributed by atoms with Crippen LogP contribution in [0.25, 0.3) is 10.8 Å². The van der Waals surface area contributed by atoms with Crippen molar-refractivity contribution >= 4 is 20.8 Å². The van der Waals surface area contributed by atoms with Crippen molar-refractivity contribution in [1.82, 2.24) is 9.62 Å². The van der Waals surface area contributed by atoms with E-state index in [0.29, 0.717) is 17.5 Å². The highest BCUT2D eigenvalue weighted by Crippen LogP contribution is 2.25. The molecule has 1 aliphatic rings. The number of rotatable bonds is 6. The monoisotopic (exact) mass is 304 g/mol. The van der Waals surface area contributed by atoms with Gasteiger partial charge < -0.3 is 4.90 Å². The summed E-state index contributed by atoms with van der Waals surface area (Å²) < 4.78 is 27.7. The van der Waals surface area contributed by atoms with Gasteiger partial charge in [-0.1, -0.05) is 36.4 Å². The first-order chi connectivity index (χ1) is 10.1. The van der Waals surface area contributed by atoms with Gasteiger partial charge in [0.15, 0.2) is 0 Å². The predicted octanol–water partition coefficient (Wildman–Crippen LogP) is 2.21. The van der Waals surface area contributed by atoms with Crippen LogP contribution in [-0.2, 0) is 10.0 Å². The van der Waals surface area contributed by atoms with Crippen LogP contribution in [0.1, 0.15) is 12.8 Å². The van der Waals surface area contributed by atoms with Gasteiger partial charge in [-0.05, 0) is 31.3 Å². The van der Waals surface area contributed by atoms with E-state index in [2.05, 4.69) is 9.62 Å². The molecule has 1 N–H and O–H groups in total. The molecule has 0 unspecified atom stereocenters. The lowest BCUT2D eigenvalue weighted by atomic mass is 10.1. The molecule has 4 nitrogen and oxygen atoms in total. The predicted molar refractivity (Wildman–Crippen MR) is 84.8 cm³/mol. The molecule has 0 spiro atoms.